The van der Waals surface area contributed by atoms with Crippen LogP contribution in [0.15, 0.2) is 66.9 Å². The molecule has 0 unspecified atom stereocenters. The molecule has 0 spiro atoms. The first kappa shape index (κ1) is 9.40. The maximum atomic E-state index is 2.32. The minimum Gasteiger partial charge on any atom is -0.315 e. The Morgan fingerprint density at radius 1 is 0.632 bits per heavy atom. The third kappa shape index (κ3) is 0.980. The molecule has 0 atom stereocenters. The van der Waals surface area contributed by atoms with E-state index in [1.165, 1.54) is 38.7 Å². The van der Waals surface area contributed by atoms with Gasteiger partial charge >= 0.3 is 0 Å². The smallest absolute Gasteiger partial charge is 0.0619 e. The predicted octanol–water partition coefficient (Wildman–Crippen LogP) is 4.74. The van der Waals surface area contributed by atoms with Crippen molar-refractivity contribution in [3.63, 3.8) is 0 Å². The van der Waals surface area contributed by atoms with Gasteiger partial charge in [0.15, 0.2) is 0 Å². The van der Waals surface area contributed by atoms with E-state index in [1.807, 2.05) is 0 Å². The van der Waals surface area contributed by atoms with Crippen molar-refractivity contribution in [1.29, 1.82) is 0 Å². The fraction of sp³-hybridized carbons (Fsp3) is 0. The highest BCUT2D eigenvalue weighted by atomic mass is 14.9. The van der Waals surface area contributed by atoms with Crippen molar-refractivity contribution < 1.29 is 0 Å². The molecule has 1 aliphatic carbocycles. The molecule has 0 saturated heterocycles. The fourth-order valence-electron chi connectivity index (χ4n) is 3.41. The molecule has 0 saturated carbocycles. The fourth-order valence-corrected chi connectivity index (χ4v) is 3.41. The van der Waals surface area contributed by atoms with Gasteiger partial charge in [-0.25, -0.2) is 0 Å². The van der Waals surface area contributed by atoms with Crippen LogP contribution in [-0.2, 0) is 0 Å². The van der Waals surface area contributed by atoms with Crippen LogP contribution in [0.2, 0.25) is 0 Å². The van der Waals surface area contributed by atoms with Crippen molar-refractivity contribution in [3.8, 4) is 22.4 Å². The van der Waals surface area contributed by atoms with E-state index >= 15 is 0 Å². The summed E-state index contributed by atoms with van der Waals surface area (Å²) in [6.07, 6.45) is 2.16. The van der Waals surface area contributed by atoms with Crippen LogP contribution in [0.3, 0.4) is 0 Å². The van der Waals surface area contributed by atoms with Gasteiger partial charge in [-0.05, 0) is 23.3 Å². The Balaban J connectivity index is 2.17. The minimum absolute atomic E-state index is 1.30. The zero-order chi connectivity index (χ0) is 12.4. The summed E-state index contributed by atoms with van der Waals surface area (Å²) in [5.41, 5.74) is 6.71. The van der Waals surface area contributed by atoms with E-state index in [4.69, 9.17) is 0 Å². The van der Waals surface area contributed by atoms with Gasteiger partial charge in [0.25, 0.3) is 0 Å². The van der Waals surface area contributed by atoms with E-state index in [0.29, 0.717) is 0 Å². The van der Waals surface area contributed by atoms with Crippen LogP contribution in [-0.4, -0.2) is 4.40 Å². The summed E-state index contributed by atoms with van der Waals surface area (Å²) in [5, 5.41) is 2.75. The van der Waals surface area contributed by atoms with Gasteiger partial charge in [-0.2, -0.15) is 0 Å². The number of rotatable bonds is 0. The van der Waals surface area contributed by atoms with Gasteiger partial charge in [0, 0.05) is 22.5 Å². The normalized spacial score (nSPS) is 12.2. The number of benzene rings is 2. The summed E-state index contributed by atoms with van der Waals surface area (Å²) in [7, 11) is 0. The SMILES string of the molecule is c1ccc2c(c1)-c1cccc3c1c-2n1ccccc31. The lowest BCUT2D eigenvalue weighted by atomic mass is 10.0. The number of fused-ring (bicyclic) bond motifs is 6. The lowest BCUT2D eigenvalue weighted by Crippen LogP contribution is -1.86. The molecular formula is C18H11N. The Hall–Kier alpha value is -2.54. The number of aromatic nitrogens is 1. The van der Waals surface area contributed by atoms with Crippen molar-refractivity contribution in [2.75, 3.05) is 0 Å². The van der Waals surface area contributed by atoms with Gasteiger partial charge in [0.05, 0.1) is 11.2 Å². The van der Waals surface area contributed by atoms with E-state index < -0.39 is 0 Å². The van der Waals surface area contributed by atoms with Crippen molar-refractivity contribution in [1.82, 2.24) is 4.40 Å². The maximum Gasteiger partial charge on any atom is 0.0619 e. The van der Waals surface area contributed by atoms with E-state index in [9.17, 15) is 0 Å². The van der Waals surface area contributed by atoms with Crippen molar-refractivity contribution in [3.05, 3.63) is 66.9 Å². The molecule has 4 aromatic rings. The van der Waals surface area contributed by atoms with E-state index in [0.717, 1.165) is 0 Å². The second-order valence-electron chi connectivity index (χ2n) is 5.08. The molecule has 2 aromatic carbocycles. The van der Waals surface area contributed by atoms with Crippen molar-refractivity contribution in [2.24, 2.45) is 0 Å². The van der Waals surface area contributed by atoms with Crippen LogP contribution < -0.4 is 0 Å². The third-order valence-corrected chi connectivity index (χ3v) is 4.15. The zero-order valence-electron chi connectivity index (χ0n) is 10.3. The summed E-state index contributed by atoms with van der Waals surface area (Å²) < 4.78 is 2.32. The molecule has 5 rings (SSSR count). The maximum absolute atomic E-state index is 2.32. The summed E-state index contributed by atoms with van der Waals surface area (Å²) in [6.45, 7) is 0. The number of hydrogen-bond acceptors (Lipinski definition) is 0. The van der Waals surface area contributed by atoms with Gasteiger partial charge in [-0.1, -0.05) is 48.5 Å². The third-order valence-electron chi connectivity index (χ3n) is 4.15. The van der Waals surface area contributed by atoms with Gasteiger partial charge in [-0.15, -0.1) is 0 Å². The first-order chi connectivity index (χ1) is 9.45. The molecule has 0 radical (unpaired) electrons. The molecule has 1 heteroatoms. The molecule has 2 heterocycles. The van der Waals surface area contributed by atoms with Crippen LogP contribution in [0.1, 0.15) is 0 Å². The molecule has 0 aliphatic heterocycles. The highest BCUT2D eigenvalue weighted by Crippen LogP contribution is 2.48. The van der Waals surface area contributed by atoms with Crippen molar-refractivity contribution >= 4 is 16.3 Å². The quantitative estimate of drug-likeness (QED) is 0.369. The zero-order valence-corrected chi connectivity index (χ0v) is 10.3. The Morgan fingerprint density at radius 2 is 1.42 bits per heavy atom. The highest BCUT2D eigenvalue weighted by molar-refractivity contribution is 6.19. The van der Waals surface area contributed by atoms with Crippen LogP contribution >= 0.6 is 0 Å². The number of hydrogen-bond donors (Lipinski definition) is 0. The molecule has 1 aliphatic rings. The summed E-state index contributed by atoms with van der Waals surface area (Å²) in [5.74, 6) is 0. The van der Waals surface area contributed by atoms with Crippen LogP contribution in [0.25, 0.3) is 38.7 Å². The highest BCUT2D eigenvalue weighted by Gasteiger charge is 2.24. The topological polar surface area (TPSA) is 4.41 Å². The Kier molecular flexibility index (Phi) is 1.52. The molecule has 0 amide bonds. The Labute approximate surface area is 110 Å². The van der Waals surface area contributed by atoms with Crippen LogP contribution in [0, 0.1) is 0 Å². The molecule has 19 heavy (non-hydrogen) atoms. The van der Waals surface area contributed by atoms with Crippen LogP contribution in [0.5, 0.6) is 0 Å². The lowest BCUT2D eigenvalue weighted by molar-refractivity contribution is 1.21. The lowest BCUT2D eigenvalue weighted by Gasteiger charge is -2.04. The summed E-state index contributed by atoms with van der Waals surface area (Å²) in [6, 6.07) is 21.7. The second kappa shape index (κ2) is 3.07. The first-order valence-electron chi connectivity index (χ1n) is 6.57. The predicted molar refractivity (Wildman–Crippen MR) is 79.3 cm³/mol. The summed E-state index contributed by atoms with van der Waals surface area (Å²) in [4.78, 5) is 0. The monoisotopic (exact) mass is 241 g/mol. The molecule has 0 N–H and O–H groups in total. The molecule has 2 aromatic heterocycles. The molecule has 1 nitrogen and oxygen atoms in total. The standard InChI is InChI=1S/C18H11N/c1-2-7-14-12(6-1)13-8-5-9-15-16-10-3-4-11-19(16)18(14)17(13)15/h1-11H. The van der Waals surface area contributed by atoms with E-state index in [2.05, 4.69) is 71.3 Å². The van der Waals surface area contributed by atoms with E-state index in [-0.39, 0.29) is 0 Å². The minimum atomic E-state index is 1.30. The van der Waals surface area contributed by atoms with Gasteiger partial charge < -0.3 is 4.40 Å². The first-order valence-corrected chi connectivity index (χ1v) is 6.57. The van der Waals surface area contributed by atoms with Gasteiger partial charge in [-0.3, -0.25) is 0 Å². The molecule has 0 fully saturated rings. The second-order valence-corrected chi connectivity index (χ2v) is 5.08. The van der Waals surface area contributed by atoms with E-state index in [1.54, 1.807) is 0 Å². The average Bonchev–Trinajstić information content (AvgIpc) is 2.99. The van der Waals surface area contributed by atoms with Crippen molar-refractivity contribution in [2.45, 2.75) is 0 Å². The number of pyridine rings is 1. The molecular weight excluding hydrogens is 230 g/mol. The van der Waals surface area contributed by atoms with Crippen LogP contribution in [0.4, 0.5) is 0 Å². The van der Waals surface area contributed by atoms with Gasteiger partial charge in [0.1, 0.15) is 0 Å². The Morgan fingerprint density at radius 3 is 2.37 bits per heavy atom. The molecule has 88 valence electrons. The largest absolute Gasteiger partial charge is 0.315 e. The number of nitrogens with zero attached hydrogens (tertiary/aromatic N) is 1. The summed E-state index contributed by atoms with van der Waals surface area (Å²) >= 11 is 0. The Bertz CT molecular complexity index is 960. The average molecular weight is 241 g/mol. The molecule has 0 bridgehead atoms. The van der Waals surface area contributed by atoms with Gasteiger partial charge in [0.2, 0.25) is 0 Å².